The van der Waals surface area contributed by atoms with Crippen LogP contribution in [0.1, 0.15) is 5.69 Å². The Balaban J connectivity index is 1.49. The molecular formula is C23H16ClN3O4S. The van der Waals surface area contributed by atoms with Gasteiger partial charge in [-0.1, -0.05) is 41.0 Å². The van der Waals surface area contributed by atoms with E-state index in [1.807, 2.05) is 30.3 Å². The second kappa shape index (κ2) is 7.81. The Morgan fingerprint density at radius 2 is 1.81 bits per heavy atom. The number of hydrogen-bond donors (Lipinski definition) is 1. The van der Waals surface area contributed by atoms with Crippen LogP contribution in [0.4, 0.5) is 5.69 Å². The van der Waals surface area contributed by atoms with Gasteiger partial charge in [-0.05, 0) is 48.7 Å². The van der Waals surface area contributed by atoms with Gasteiger partial charge < -0.3 is 8.94 Å². The number of benzene rings is 2. The summed E-state index contributed by atoms with van der Waals surface area (Å²) < 4.78 is 39.0. The standard InChI is InChI=1S/C23H16ClN3O4S/c1-14-12-21(31-26-14)20-8-9-22(30-20)32(28,29)27-16-6-7-19(24)18(13-16)23-17-5-3-2-4-15(17)10-11-25-23/h2-13,27H,1H3. The molecule has 0 aliphatic carbocycles. The van der Waals surface area contributed by atoms with E-state index in [1.54, 1.807) is 37.4 Å². The highest BCUT2D eigenvalue weighted by atomic mass is 35.5. The minimum atomic E-state index is -3.99. The first-order chi connectivity index (χ1) is 15.4. The number of pyridine rings is 1. The van der Waals surface area contributed by atoms with E-state index in [2.05, 4.69) is 14.9 Å². The van der Waals surface area contributed by atoms with Crippen molar-refractivity contribution in [3.63, 3.8) is 0 Å². The van der Waals surface area contributed by atoms with E-state index in [4.69, 9.17) is 20.5 Å². The molecule has 32 heavy (non-hydrogen) atoms. The summed E-state index contributed by atoms with van der Waals surface area (Å²) in [6.45, 7) is 1.76. The van der Waals surface area contributed by atoms with E-state index in [-0.39, 0.29) is 10.9 Å². The molecule has 0 fully saturated rings. The summed E-state index contributed by atoms with van der Waals surface area (Å²) >= 11 is 6.44. The first-order valence-corrected chi connectivity index (χ1v) is 11.5. The van der Waals surface area contributed by atoms with Crippen molar-refractivity contribution in [3.05, 3.63) is 83.6 Å². The predicted molar refractivity (Wildman–Crippen MR) is 122 cm³/mol. The number of aromatic nitrogens is 2. The Morgan fingerprint density at radius 1 is 0.969 bits per heavy atom. The molecule has 7 nitrogen and oxygen atoms in total. The molecule has 0 unspecified atom stereocenters. The number of nitrogens with zero attached hydrogens (tertiary/aromatic N) is 2. The maximum Gasteiger partial charge on any atom is 0.295 e. The number of anilines is 1. The van der Waals surface area contributed by atoms with Gasteiger partial charge in [0.1, 0.15) is 0 Å². The lowest BCUT2D eigenvalue weighted by Gasteiger charge is -2.11. The van der Waals surface area contributed by atoms with E-state index in [9.17, 15) is 8.42 Å². The van der Waals surface area contributed by atoms with Gasteiger partial charge in [0.15, 0.2) is 5.76 Å². The van der Waals surface area contributed by atoms with E-state index in [0.29, 0.717) is 33.4 Å². The van der Waals surface area contributed by atoms with Gasteiger partial charge in [0.2, 0.25) is 10.9 Å². The van der Waals surface area contributed by atoms with Gasteiger partial charge in [-0.2, -0.15) is 8.42 Å². The highest BCUT2D eigenvalue weighted by Gasteiger charge is 2.22. The predicted octanol–water partition coefficient (Wildman–Crippen LogP) is 5.91. The second-order valence-electron chi connectivity index (χ2n) is 7.13. The van der Waals surface area contributed by atoms with Crippen molar-refractivity contribution in [1.82, 2.24) is 10.1 Å². The molecule has 3 heterocycles. The quantitative estimate of drug-likeness (QED) is 0.346. The summed E-state index contributed by atoms with van der Waals surface area (Å²) in [6, 6.07) is 19.1. The van der Waals surface area contributed by atoms with Gasteiger partial charge in [0.25, 0.3) is 10.0 Å². The molecule has 160 valence electrons. The average molecular weight is 466 g/mol. The summed E-state index contributed by atoms with van der Waals surface area (Å²) in [4.78, 5) is 4.48. The normalized spacial score (nSPS) is 11.7. The van der Waals surface area contributed by atoms with Gasteiger partial charge in [-0.3, -0.25) is 9.71 Å². The van der Waals surface area contributed by atoms with Crippen LogP contribution >= 0.6 is 11.6 Å². The third-order valence-electron chi connectivity index (χ3n) is 4.86. The summed E-state index contributed by atoms with van der Waals surface area (Å²) in [5, 5.41) is 5.91. The zero-order chi connectivity index (χ0) is 22.3. The minimum Gasteiger partial charge on any atom is -0.439 e. The Hall–Kier alpha value is -3.62. The molecule has 1 N–H and O–H groups in total. The molecule has 5 rings (SSSR count). The van der Waals surface area contributed by atoms with Crippen molar-refractivity contribution in [2.45, 2.75) is 12.0 Å². The second-order valence-corrected chi connectivity index (χ2v) is 9.15. The fourth-order valence-electron chi connectivity index (χ4n) is 3.39. The number of sulfonamides is 1. The summed E-state index contributed by atoms with van der Waals surface area (Å²) in [5.41, 5.74) is 2.26. The molecule has 0 bridgehead atoms. The number of furan rings is 1. The average Bonchev–Trinajstić information content (AvgIpc) is 3.44. The molecule has 9 heteroatoms. The van der Waals surface area contributed by atoms with Crippen molar-refractivity contribution in [3.8, 4) is 22.8 Å². The fraction of sp³-hybridized carbons (Fsp3) is 0.0435. The Bertz CT molecular complexity index is 1550. The monoisotopic (exact) mass is 465 g/mol. The largest absolute Gasteiger partial charge is 0.439 e. The first-order valence-electron chi connectivity index (χ1n) is 9.61. The molecular weight excluding hydrogens is 450 g/mol. The molecule has 0 saturated carbocycles. The molecule has 5 aromatic rings. The van der Waals surface area contributed by atoms with Crippen LogP contribution in [-0.4, -0.2) is 18.6 Å². The Morgan fingerprint density at radius 3 is 2.62 bits per heavy atom. The third-order valence-corrected chi connectivity index (χ3v) is 6.45. The van der Waals surface area contributed by atoms with Crippen molar-refractivity contribution < 1.29 is 17.4 Å². The summed E-state index contributed by atoms with van der Waals surface area (Å²) in [7, 11) is -3.99. The molecule has 0 aliphatic heterocycles. The first kappa shape index (κ1) is 20.3. The van der Waals surface area contributed by atoms with Crippen molar-refractivity contribution in [2.75, 3.05) is 4.72 Å². The summed E-state index contributed by atoms with van der Waals surface area (Å²) in [5.74, 6) is 0.613. The smallest absolute Gasteiger partial charge is 0.295 e. The number of aryl methyl sites for hydroxylation is 1. The van der Waals surface area contributed by atoms with Crippen molar-refractivity contribution in [2.24, 2.45) is 0 Å². The lowest BCUT2D eigenvalue weighted by Crippen LogP contribution is -2.12. The van der Waals surface area contributed by atoms with E-state index in [0.717, 1.165) is 10.8 Å². The maximum atomic E-state index is 12.9. The number of hydrogen-bond acceptors (Lipinski definition) is 6. The lowest BCUT2D eigenvalue weighted by molar-refractivity contribution is 0.398. The Labute approximate surface area is 188 Å². The number of fused-ring (bicyclic) bond motifs is 1. The van der Waals surface area contributed by atoms with Crippen LogP contribution in [0.2, 0.25) is 5.02 Å². The molecule has 0 spiro atoms. The van der Waals surface area contributed by atoms with Crippen molar-refractivity contribution in [1.29, 1.82) is 0 Å². The van der Waals surface area contributed by atoms with Crippen LogP contribution in [0, 0.1) is 6.92 Å². The van der Waals surface area contributed by atoms with Crippen LogP contribution in [0.3, 0.4) is 0 Å². The molecule has 0 atom stereocenters. The van der Waals surface area contributed by atoms with Gasteiger partial charge in [-0.15, -0.1) is 0 Å². The van der Waals surface area contributed by atoms with Crippen LogP contribution in [0.5, 0.6) is 0 Å². The molecule has 0 amide bonds. The van der Waals surface area contributed by atoms with E-state index < -0.39 is 10.0 Å². The Kier molecular flexibility index (Phi) is 4.96. The number of halogens is 1. The van der Waals surface area contributed by atoms with E-state index in [1.165, 1.54) is 12.1 Å². The SMILES string of the molecule is Cc1cc(-c2ccc(S(=O)(=O)Nc3ccc(Cl)c(-c4nccc5ccccc45)c3)o2)on1. The van der Waals surface area contributed by atoms with Crippen molar-refractivity contribution >= 4 is 38.1 Å². The highest BCUT2D eigenvalue weighted by Crippen LogP contribution is 2.34. The maximum absolute atomic E-state index is 12.9. The van der Waals surface area contributed by atoms with Crippen LogP contribution in [-0.2, 0) is 10.0 Å². The topological polar surface area (TPSA) is 98.2 Å². The number of rotatable bonds is 5. The highest BCUT2D eigenvalue weighted by molar-refractivity contribution is 7.92. The third kappa shape index (κ3) is 3.74. The van der Waals surface area contributed by atoms with Crippen LogP contribution < -0.4 is 4.72 Å². The van der Waals surface area contributed by atoms with Crippen LogP contribution in [0.15, 0.2) is 87.0 Å². The lowest BCUT2D eigenvalue weighted by atomic mass is 10.0. The molecule has 0 saturated heterocycles. The molecule has 0 radical (unpaired) electrons. The zero-order valence-corrected chi connectivity index (χ0v) is 18.3. The molecule has 0 aliphatic rings. The van der Waals surface area contributed by atoms with Gasteiger partial charge in [0.05, 0.1) is 16.4 Å². The van der Waals surface area contributed by atoms with E-state index >= 15 is 0 Å². The summed E-state index contributed by atoms with van der Waals surface area (Å²) in [6.07, 6.45) is 1.69. The van der Waals surface area contributed by atoms with Gasteiger partial charge >= 0.3 is 0 Å². The molecule has 2 aromatic carbocycles. The minimum absolute atomic E-state index is 0.249. The molecule has 3 aromatic heterocycles. The van der Waals surface area contributed by atoms with Gasteiger partial charge in [0, 0.05) is 28.9 Å². The fourth-order valence-corrected chi connectivity index (χ4v) is 4.58. The zero-order valence-electron chi connectivity index (χ0n) is 16.7. The van der Waals surface area contributed by atoms with Gasteiger partial charge in [-0.25, -0.2) is 0 Å². The number of nitrogens with one attached hydrogen (secondary N) is 1. The van der Waals surface area contributed by atoms with Crippen LogP contribution in [0.25, 0.3) is 33.6 Å².